The molecule has 0 fully saturated rings. The zero-order valence-electron chi connectivity index (χ0n) is 16.7. The Morgan fingerprint density at radius 2 is 1.69 bits per heavy atom. The molecule has 0 saturated carbocycles. The topological polar surface area (TPSA) is 76.7 Å². The predicted octanol–water partition coefficient (Wildman–Crippen LogP) is 3.49. The Bertz CT molecular complexity index is 1030. The molecule has 0 spiro atoms. The lowest BCUT2D eigenvalue weighted by atomic mass is 9.97. The molecule has 0 heterocycles. The first kappa shape index (κ1) is 20.2. The molecule has 150 valence electrons. The number of nitrogens with one attached hydrogen (secondary N) is 2. The Morgan fingerprint density at radius 3 is 2.45 bits per heavy atom. The number of carbonyl (C=O) groups is 2. The van der Waals surface area contributed by atoms with Gasteiger partial charge in [-0.05, 0) is 53.9 Å². The van der Waals surface area contributed by atoms with E-state index >= 15 is 0 Å². The third-order valence-corrected chi connectivity index (χ3v) is 4.74. The van der Waals surface area contributed by atoms with Crippen LogP contribution in [0.5, 0.6) is 11.5 Å². The number of para-hydroxylation sites is 1. The Kier molecular flexibility index (Phi) is 6.34. The van der Waals surface area contributed by atoms with Crippen molar-refractivity contribution < 1.29 is 19.1 Å². The molecule has 0 aliphatic heterocycles. The van der Waals surface area contributed by atoms with Gasteiger partial charge in [-0.3, -0.25) is 20.4 Å². The van der Waals surface area contributed by atoms with Crippen molar-refractivity contribution in [3.8, 4) is 11.5 Å². The summed E-state index contributed by atoms with van der Waals surface area (Å²) >= 11 is 0. The summed E-state index contributed by atoms with van der Waals surface area (Å²) in [6.07, 6.45) is 0. The summed E-state index contributed by atoms with van der Waals surface area (Å²) in [7, 11) is 1.63. The number of fused-ring (bicyclic) bond motifs is 1. The molecular weight excluding hydrogens is 368 g/mol. The fourth-order valence-corrected chi connectivity index (χ4v) is 2.93. The van der Waals surface area contributed by atoms with Crippen LogP contribution in [0, 0.1) is 6.92 Å². The first-order valence-electron chi connectivity index (χ1n) is 9.33. The van der Waals surface area contributed by atoms with E-state index in [-0.39, 0.29) is 12.5 Å². The normalized spacial score (nSPS) is 11.6. The van der Waals surface area contributed by atoms with Gasteiger partial charge in [0.25, 0.3) is 5.91 Å². The molecule has 1 atom stereocenters. The zero-order valence-corrected chi connectivity index (χ0v) is 16.7. The quantitative estimate of drug-likeness (QED) is 0.630. The van der Waals surface area contributed by atoms with Gasteiger partial charge in [-0.15, -0.1) is 0 Å². The highest BCUT2D eigenvalue weighted by Crippen LogP contribution is 2.25. The maximum Gasteiger partial charge on any atom is 0.276 e. The lowest BCUT2D eigenvalue weighted by Crippen LogP contribution is -2.45. The van der Waals surface area contributed by atoms with E-state index in [9.17, 15) is 9.59 Å². The summed E-state index contributed by atoms with van der Waals surface area (Å²) in [4.78, 5) is 24.4. The maximum atomic E-state index is 12.4. The highest BCUT2D eigenvalue weighted by atomic mass is 16.5. The van der Waals surface area contributed by atoms with E-state index in [2.05, 4.69) is 10.9 Å². The first-order valence-corrected chi connectivity index (χ1v) is 9.33. The standard InChI is InChI=1S/C23H24N2O4/c1-15-6-4-5-7-21(15)29-14-22(26)24-25-23(27)16(2)17-8-9-19-13-20(28-3)11-10-18(19)12-17/h4-13,16H,14H2,1-3H3,(H,24,26)(H,25,27)/t16-/m0/s1. The van der Waals surface area contributed by atoms with Gasteiger partial charge in [0, 0.05) is 0 Å². The van der Waals surface area contributed by atoms with Gasteiger partial charge in [-0.1, -0.05) is 42.5 Å². The summed E-state index contributed by atoms with van der Waals surface area (Å²) in [5.74, 6) is 0.252. The number of ether oxygens (including phenoxy) is 2. The van der Waals surface area contributed by atoms with Crippen LogP contribution in [0.3, 0.4) is 0 Å². The van der Waals surface area contributed by atoms with Gasteiger partial charge in [-0.2, -0.15) is 0 Å². The molecule has 0 unspecified atom stereocenters. The van der Waals surface area contributed by atoms with Crippen molar-refractivity contribution in [1.29, 1.82) is 0 Å². The summed E-state index contributed by atoms with van der Waals surface area (Å²) in [5.41, 5.74) is 6.64. The van der Waals surface area contributed by atoms with E-state index in [1.54, 1.807) is 20.1 Å². The van der Waals surface area contributed by atoms with E-state index in [0.717, 1.165) is 27.6 Å². The molecule has 6 heteroatoms. The van der Waals surface area contributed by atoms with Crippen LogP contribution in [0.1, 0.15) is 24.0 Å². The van der Waals surface area contributed by atoms with Crippen LogP contribution >= 0.6 is 0 Å². The van der Waals surface area contributed by atoms with Crippen molar-refractivity contribution in [2.45, 2.75) is 19.8 Å². The summed E-state index contributed by atoms with van der Waals surface area (Å²) in [6.45, 7) is 3.50. The number of hydrogen-bond donors (Lipinski definition) is 2. The minimum absolute atomic E-state index is 0.183. The van der Waals surface area contributed by atoms with Crippen molar-refractivity contribution in [1.82, 2.24) is 10.9 Å². The molecule has 3 rings (SSSR count). The van der Waals surface area contributed by atoms with Crippen molar-refractivity contribution in [2.75, 3.05) is 13.7 Å². The third kappa shape index (κ3) is 5.04. The Hall–Kier alpha value is -3.54. The fourth-order valence-electron chi connectivity index (χ4n) is 2.93. The number of rotatable bonds is 6. The Morgan fingerprint density at radius 1 is 0.966 bits per heavy atom. The molecule has 0 aromatic heterocycles. The molecule has 0 saturated heterocycles. The average molecular weight is 392 g/mol. The van der Waals surface area contributed by atoms with Gasteiger partial charge in [0.15, 0.2) is 6.61 Å². The molecule has 0 aliphatic rings. The van der Waals surface area contributed by atoms with E-state index in [1.807, 2.05) is 61.5 Å². The second kappa shape index (κ2) is 9.10. The SMILES string of the molecule is COc1ccc2cc([C@H](C)C(=O)NNC(=O)COc3ccccc3C)ccc2c1. The fraction of sp³-hybridized carbons (Fsp3) is 0.217. The number of amides is 2. The average Bonchev–Trinajstić information content (AvgIpc) is 2.75. The number of hydrazine groups is 1. The van der Waals surface area contributed by atoms with Crippen molar-refractivity contribution in [2.24, 2.45) is 0 Å². The summed E-state index contributed by atoms with van der Waals surface area (Å²) in [5, 5.41) is 2.04. The van der Waals surface area contributed by atoms with Gasteiger partial charge in [0.2, 0.25) is 5.91 Å². The van der Waals surface area contributed by atoms with Crippen molar-refractivity contribution in [3.63, 3.8) is 0 Å². The van der Waals surface area contributed by atoms with Crippen LogP contribution in [0.2, 0.25) is 0 Å². The van der Waals surface area contributed by atoms with Crippen LogP contribution in [-0.4, -0.2) is 25.5 Å². The van der Waals surface area contributed by atoms with Crippen molar-refractivity contribution in [3.05, 3.63) is 71.8 Å². The molecule has 2 N–H and O–H groups in total. The Balaban J connectivity index is 1.55. The predicted molar refractivity (Wildman–Crippen MR) is 112 cm³/mol. The van der Waals surface area contributed by atoms with Crippen LogP contribution in [-0.2, 0) is 9.59 Å². The first-order chi connectivity index (χ1) is 14.0. The van der Waals surface area contributed by atoms with E-state index in [4.69, 9.17) is 9.47 Å². The van der Waals surface area contributed by atoms with E-state index < -0.39 is 11.8 Å². The van der Waals surface area contributed by atoms with Crippen LogP contribution in [0.25, 0.3) is 10.8 Å². The molecule has 3 aromatic rings. The van der Waals surface area contributed by atoms with E-state index in [0.29, 0.717) is 5.75 Å². The van der Waals surface area contributed by atoms with Gasteiger partial charge in [0.1, 0.15) is 11.5 Å². The largest absolute Gasteiger partial charge is 0.497 e. The lowest BCUT2D eigenvalue weighted by molar-refractivity contribution is -0.130. The highest BCUT2D eigenvalue weighted by molar-refractivity contribution is 5.89. The molecule has 29 heavy (non-hydrogen) atoms. The van der Waals surface area contributed by atoms with Gasteiger partial charge in [0.05, 0.1) is 13.0 Å². The molecule has 0 aliphatic carbocycles. The van der Waals surface area contributed by atoms with Crippen molar-refractivity contribution >= 4 is 22.6 Å². The molecule has 2 amide bonds. The minimum Gasteiger partial charge on any atom is -0.497 e. The second-order valence-corrected chi connectivity index (χ2v) is 6.79. The Labute approximate surface area is 169 Å². The van der Waals surface area contributed by atoms with E-state index in [1.165, 1.54) is 0 Å². The smallest absolute Gasteiger partial charge is 0.276 e. The van der Waals surface area contributed by atoms with Gasteiger partial charge in [-0.25, -0.2) is 0 Å². The highest BCUT2D eigenvalue weighted by Gasteiger charge is 2.16. The maximum absolute atomic E-state index is 12.4. The van der Waals surface area contributed by atoms with Gasteiger partial charge >= 0.3 is 0 Å². The monoisotopic (exact) mass is 392 g/mol. The number of benzene rings is 3. The van der Waals surface area contributed by atoms with Gasteiger partial charge < -0.3 is 9.47 Å². The second-order valence-electron chi connectivity index (χ2n) is 6.79. The summed E-state index contributed by atoms with van der Waals surface area (Å²) in [6, 6.07) is 19.0. The minimum atomic E-state index is -0.431. The number of methoxy groups -OCH3 is 1. The number of hydrogen-bond acceptors (Lipinski definition) is 4. The molecule has 3 aromatic carbocycles. The summed E-state index contributed by atoms with van der Waals surface area (Å²) < 4.78 is 10.7. The van der Waals surface area contributed by atoms with Crippen LogP contribution in [0.15, 0.2) is 60.7 Å². The van der Waals surface area contributed by atoms with Crippen LogP contribution in [0.4, 0.5) is 0 Å². The molecule has 0 radical (unpaired) electrons. The number of aryl methyl sites for hydroxylation is 1. The third-order valence-electron chi connectivity index (χ3n) is 4.74. The lowest BCUT2D eigenvalue weighted by Gasteiger charge is -2.15. The zero-order chi connectivity index (χ0) is 20.8. The molecule has 0 bridgehead atoms. The molecular formula is C23H24N2O4. The molecule has 6 nitrogen and oxygen atoms in total. The van der Waals surface area contributed by atoms with Crippen LogP contribution < -0.4 is 20.3 Å². The number of carbonyl (C=O) groups excluding carboxylic acids is 2.